The van der Waals surface area contributed by atoms with Crippen molar-refractivity contribution in [1.29, 1.82) is 5.26 Å². The summed E-state index contributed by atoms with van der Waals surface area (Å²) in [5.41, 5.74) is -1.87. The molecule has 2 rings (SSSR count). The van der Waals surface area contributed by atoms with E-state index in [0.29, 0.717) is 22.9 Å². The van der Waals surface area contributed by atoms with Crippen molar-refractivity contribution in [2.45, 2.75) is 17.4 Å². The molecule has 2 aromatic carbocycles. The zero-order valence-electron chi connectivity index (χ0n) is 14.3. The van der Waals surface area contributed by atoms with E-state index in [1.807, 2.05) is 6.07 Å². The number of amides is 1. The zero-order chi connectivity index (χ0) is 21.3. The minimum Gasteiger partial charge on any atom is -0.490 e. The van der Waals surface area contributed by atoms with Crippen molar-refractivity contribution in [2.24, 2.45) is 0 Å². The van der Waals surface area contributed by atoms with E-state index in [9.17, 15) is 29.5 Å². The number of nitriles is 1. The van der Waals surface area contributed by atoms with E-state index < -0.39 is 26.6 Å². The molecule has 0 bridgehead atoms. The molecule has 28 heavy (non-hydrogen) atoms. The predicted molar refractivity (Wildman–Crippen MR) is 96.3 cm³/mol. The summed E-state index contributed by atoms with van der Waals surface area (Å²) in [6, 6.07) is 9.58. The second-order valence-electron chi connectivity index (χ2n) is 6.14. The molecule has 0 aliphatic rings. The summed E-state index contributed by atoms with van der Waals surface area (Å²) < 4.78 is 69.0. The van der Waals surface area contributed by atoms with Gasteiger partial charge in [0.15, 0.2) is 5.54 Å². The van der Waals surface area contributed by atoms with Crippen LogP contribution in [0, 0.1) is 11.3 Å². The maximum absolute atomic E-state index is 12.7. The first kappa shape index (κ1) is 21.8. The maximum Gasteiger partial charge on any atom is 0.310 e. The Balaban J connectivity index is 2.12. The second-order valence-corrected chi connectivity index (χ2v) is 8.98. The minimum atomic E-state index is -9.82. The molecule has 0 heterocycles. The molecule has 0 saturated heterocycles. The molecule has 0 radical (unpaired) electrons. The van der Waals surface area contributed by atoms with Gasteiger partial charge < -0.3 is 10.1 Å². The highest BCUT2D eigenvalue weighted by Gasteiger charge is 2.65. The van der Waals surface area contributed by atoms with E-state index in [2.05, 4.69) is 5.32 Å². The summed E-state index contributed by atoms with van der Waals surface area (Å²) in [7, 11) is -9.82. The van der Waals surface area contributed by atoms with Gasteiger partial charge in [-0.05, 0) is 49.4 Å². The van der Waals surface area contributed by atoms with Crippen LogP contribution in [0.15, 0.2) is 53.4 Å². The van der Waals surface area contributed by atoms with Crippen LogP contribution in [0.4, 0.5) is 19.4 Å². The number of nitrogens with zero attached hydrogens (tertiary/aromatic N) is 1. The Morgan fingerprint density at radius 2 is 1.79 bits per heavy atom. The predicted octanol–water partition coefficient (Wildman–Crippen LogP) is 6.09. The van der Waals surface area contributed by atoms with E-state index in [4.69, 9.17) is 16.3 Å². The molecule has 0 saturated carbocycles. The molecule has 0 aromatic heterocycles. The van der Waals surface area contributed by atoms with Gasteiger partial charge in [0.1, 0.15) is 17.3 Å². The highest BCUT2D eigenvalue weighted by molar-refractivity contribution is 8.45. The SMILES string of the molecule is CC(C#N)(COc1cccc(Cl)c1)NC(=O)c1ccc(S(F)(F)(F)(F)F)cc1. The quantitative estimate of drug-likeness (QED) is 0.553. The van der Waals surface area contributed by atoms with Gasteiger partial charge in [-0.15, -0.1) is 0 Å². The number of hydrogen-bond donors (Lipinski definition) is 1. The van der Waals surface area contributed by atoms with Gasteiger partial charge in [0, 0.05) is 10.6 Å². The van der Waals surface area contributed by atoms with Crippen molar-refractivity contribution in [1.82, 2.24) is 5.32 Å². The molecule has 2 aromatic rings. The summed E-state index contributed by atoms with van der Waals surface area (Å²) in [6.07, 6.45) is 0. The van der Waals surface area contributed by atoms with E-state index in [1.54, 1.807) is 18.2 Å². The lowest BCUT2D eigenvalue weighted by Crippen LogP contribution is -2.49. The molecule has 1 amide bonds. The van der Waals surface area contributed by atoms with Crippen LogP contribution < -0.4 is 10.1 Å². The monoisotopic (exact) mass is 440 g/mol. The largest absolute Gasteiger partial charge is 0.490 e. The van der Waals surface area contributed by atoms with Gasteiger partial charge in [0.2, 0.25) is 0 Å². The van der Waals surface area contributed by atoms with Gasteiger partial charge in [-0.1, -0.05) is 37.1 Å². The number of carbonyl (C=O) groups excluding carboxylic acids is 1. The van der Waals surface area contributed by atoms with Crippen molar-refractivity contribution in [2.75, 3.05) is 6.61 Å². The fraction of sp³-hybridized carbons (Fsp3) is 0.176. The van der Waals surface area contributed by atoms with E-state index in [0.717, 1.165) is 0 Å². The van der Waals surface area contributed by atoms with Crippen LogP contribution in [0.5, 0.6) is 5.75 Å². The fourth-order valence-electron chi connectivity index (χ4n) is 2.07. The molecule has 0 spiro atoms. The molecule has 1 N–H and O–H groups in total. The smallest absolute Gasteiger partial charge is 0.310 e. The van der Waals surface area contributed by atoms with E-state index >= 15 is 0 Å². The van der Waals surface area contributed by atoms with Crippen molar-refractivity contribution in [3.05, 3.63) is 59.1 Å². The van der Waals surface area contributed by atoms with Gasteiger partial charge in [0.25, 0.3) is 5.91 Å². The molecule has 4 nitrogen and oxygen atoms in total. The average Bonchev–Trinajstić information content (AvgIpc) is 2.58. The van der Waals surface area contributed by atoms with Crippen LogP contribution >= 0.6 is 21.8 Å². The highest BCUT2D eigenvalue weighted by Crippen LogP contribution is 3.02. The molecule has 1 unspecified atom stereocenters. The molecule has 0 aliphatic carbocycles. The molecular formula is C17H14ClF5N2O2S. The van der Waals surface area contributed by atoms with E-state index in [1.165, 1.54) is 13.0 Å². The van der Waals surface area contributed by atoms with Gasteiger partial charge in [-0.3, -0.25) is 4.79 Å². The van der Waals surface area contributed by atoms with Crippen molar-refractivity contribution < 1.29 is 29.0 Å². The summed E-state index contributed by atoms with van der Waals surface area (Å²) >= 11 is 5.81. The maximum atomic E-state index is 12.7. The van der Waals surface area contributed by atoms with Gasteiger partial charge >= 0.3 is 10.2 Å². The summed E-state index contributed by atoms with van der Waals surface area (Å²) in [5, 5.41) is 12.0. The van der Waals surface area contributed by atoms with Crippen LogP contribution in [0.1, 0.15) is 17.3 Å². The van der Waals surface area contributed by atoms with Crippen molar-refractivity contribution in [3.8, 4) is 11.8 Å². The summed E-state index contributed by atoms with van der Waals surface area (Å²) in [4.78, 5) is 10.1. The molecule has 11 heteroatoms. The Labute approximate surface area is 162 Å². The third kappa shape index (κ3) is 5.74. The Morgan fingerprint density at radius 1 is 1.18 bits per heavy atom. The number of benzene rings is 2. The topological polar surface area (TPSA) is 62.1 Å². The van der Waals surface area contributed by atoms with Crippen LogP contribution in [-0.2, 0) is 0 Å². The molecule has 0 fully saturated rings. The normalized spacial score (nSPS) is 16.1. The zero-order valence-corrected chi connectivity index (χ0v) is 15.8. The number of hydrogen-bond acceptors (Lipinski definition) is 3. The fourth-order valence-corrected chi connectivity index (χ4v) is 2.90. The Hall–Kier alpha value is -2.51. The number of carbonyl (C=O) groups is 1. The van der Waals surface area contributed by atoms with Crippen molar-refractivity contribution in [3.63, 3.8) is 0 Å². The van der Waals surface area contributed by atoms with Crippen LogP contribution in [-0.4, -0.2) is 18.1 Å². The first-order valence-electron chi connectivity index (χ1n) is 7.58. The minimum absolute atomic E-state index is 0.128. The Morgan fingerprint density at radius 3 is 2.29 bits per heavy atom. The second kappa shape index (κ2) is 6.53. The number of nitrogens with one attached hydrogen (secondary N) is 1. The number of ether oxygens (including phenoxy) is 1. The lowest BCUT2D eigenvalue weighted by atomic mass is 10.1. The summed E-state index contributed by atoms with van der Waals surface area (Å²) in [5.74, 6) is -0.587. The Bertz CT molecular complexity index is 945. The van der Waals surface area contributed by atoms with Gasteiger partial charge in [-0.25, -0.2) is 0 Å². The molecule has 0 aliphatic heterocycles. The highest BCUT2D eigenvalue weighted by atomic mass is 35.5. The van der Waals surface area contributed by atoms with Crippen LogP contribution in [0.2, 0.25) is 5.02 Å². The average molecular weight is 441 g/mol. The lowest BCUT2D eigenvalue weighted by molar-refractivity contribution is 0.0901. The molecular weight excluding hydrogens is 427 g/mol. The lowest BCUT2D eigenvalue weighted by Gasteiger charge is -2.40. The first-order chi connectivity index (χ1) is 12.6. The molecule has 152 valence electrons. The van der Waals surface area contributed by atoms with Gasteiger partial charge in [0.05, 0.1) is 6.07 Å². The van der Waals surface area contributed by atoms with Crippen molar-refractivity contribution >= 4 is 27.7 Å². The number of rotatable bonds is 6. The Kier molecular flexibility index (Phi) is 5.08. The summed E-state index contributed by atoms with van der Waals surface area (Å²) in [6.45, 7) is 1.04. The van der Waals surface area contributed by atoms with Crippen LogP contribution in [0.25, 0.3) is 0 Å². The third-order valence-electron chi connectivity index (χ3n) is 3.52. The van der Waals surface area contributed by atoms with Crippen LogP contribution in [0.3, 0.4) is 0 Å². The molecule has 1 atom stereocenters. The first-order valence-corrected chi connectivity index (χ1v) is 9.91. The standard InChI is InChI=1S/C17H14ClF5N2O2S/c1-17(10-24,11-27-14-4-2-3-13(18)9-14)25-16(26)12-5-7-15(8-6-12)28(19,20,21,22)23/h2-9H,11H2,1H3,(H,25,26). The number of halogens is 6. The van der Waals surface area contributed by atoms with E-state index in [-0.39, 0.29) is 24.3 Å². The van der Waals surface area contributed by atoms with Gasteiger partial charge in [-0.2, -0.15) is 5.26 Å². The third-order valence-corrected chi connectivity index (χ3v) is 4.92.